The lowest BCUT2D eigenvalue weighted by Crippen LogP contribution is -2.38. The number of carbonyl (C=O) groups is 3. The first-order chi connectivity index (χ1) is 12.3. The zero-order chi connectivity index (χ0) is 19.3. The highest BCUT2D eigenvalue weighted by atomic mass is 16.4. The number of nitrogens with zero attached hydrogens (tertiary/aromatic N) is 2. The highest BCUT2D eigenvalue weighted by Gasteiger charge is 2.25. The number of rotatable bonds is 6. The Bertz CT molecular complexity index is 646. The molecule has 0 unspecified atom stereocenters. The summed E-state index contributed by atoms with van der Waals surface area (Å²) in [4.78, 5) is 38.8. The molecule has 0 atom stereocenters. The van der Waals surface area contributed by atoms with Gasteiger partial charge in [-0.2, -0.15) is 0 Å². The molecule has 26 heavy (non-hydrogen) atoms. The lowest BCUT2D eigenvalue weighted by Gasteiger charge is -2.31. The third-order valence-corrected chi connectivity index (χ3v) is 4.86. The van der Waals surface area contributed by atoms with Gasteiger partial charge in [0.05, 0.1) is 0 Å². The molecule has 2 amide bonds. The molecule has 0 bridgehead atoms. The molecule has 1 aromatic carbocycles. The number of amides is 2. The Morgan fingerprint density at radius 2 is 1.73 bits per heavy atom. The minimum absolute atomic E-state index is 0.0167. The molecule has 6 nitrogen and oxygen atoms in total. The number of hydrogen-bond acceptors (Lipinski definition) is 3. The molecule has 0 aliphatic carbocycles. The molecule has 0 spiro atoms. The van der Waals surface area contributed by atoms with E-state index in [2.05, 4.69) is 0 Å². The average molecular weight is 360 g/mol. The minimum Gasteiger partial charge on any atom is -0.481 e. The van der Waals surface area contributed by atoms with Crippen molar-refractivity contribution < 1.29 is 19.5 Å². The summed E-state index contributed by atoms with van der Waals surface area (Å²) in [6, 6.07) is 7.37. The second-order valence-electron chi connectivity index (χ2n) is 7.38. The van der Waals surface area contributed by atoms with Gasteiger partial charge in [-0.05, 0) is 36.5 Å². The van der Waals surface area contributed by atoms with Crippen molar-refractivity contribution in [3.63, 3.8) is 0 Å². The van der Waals surface area contributed by atoms with Crippen LogP contribution in [0.2, 0.25) is 0 Å². The van der Waals surface area contributed by atoms with Crippen molar-refractivity contribution in [1.29, 1.82) is 0 Å². The fourth-order valence-electron chi connectivity index (χ4n) is 3.31. The molecule has 1 aliphatic rings. The molecule has 2 rings (SSSR count). The number of carboxylic acids is 1. The molecule has 1 fully saturated rings. The number of likely N-dealkylation sites (tertiary alicyclic amines) is 1. The van der Waals surface area contributed by atoms with Gasteiger partial charge in [-0.3, -0.25) is 14.4 Å². The number of aliphatic carboxylic acids is 1. The van der Waals surface area contributed by atoms with E-state index in [9.17, 15) is 14.4 Å². The van der Waals surface area contributed by atoms with E-state index in [1.165, 1.54) is 0 Å². The average Bonchev–Trinajstić information content (AvgIpc) is 2.61. The van der Waals surface area contributed by atoms with E-state index in [-0.39, 0.29) is 30.1 Å². The first-order valence-electron chi connectivity index (χ1n) is 9.13. The van der Waals surface area contributed by atoms with Crippen LogP contribution in [-0.4, -0.2) is 52.8 Å². The van der Waals surface area contributed by atoms with Gasteiger partial charge in [-0.25, -0.2) is 0 Å². The number of piperidine rings is 1. The van der Waals surface area contributed by atoms with Crippen LogP contribution in [0.15, 0.2) is 24.3 Å². The summed E-state index contributed by atoms with van der Waals surface area (Å²) in [6.45, 7) is 5.47. The van der Waals surface area contributed by atoms with Crippen molar-refractivity contribution in [2.24, 2.45) is 11.8 Å². The molecule has 1 aliphatic heterocycles. The molecule has 0 saturated carbocycles. The molecule has 1 saturated heterocycles. The van der Waals surface area contributed by atoms with Crippen LogP contribution in [0.4, 0.5) is 0 Å². The topological polar surface area (TPSA) is 77.9 Å². The van der Waals surface area contributed by atoms with Crippen molar-refractivity contribution in [3.8, 4) is 0 Å². The molecule has 6 heteroatoms. The van der Waals surface area contributed by atoms with Crippen LogP contribution in [0.25, 0.3) is 0 Å². The normalized spacial score (nSPS) is 15.2. The third-order valence-electron chi connectivity index (χ3n) is 4.86. The largest absolute Gasteiger partial charge is 0.481 e. The van der Waals surface area contributed by atoms with Crippen LogP contribution in [0.1, 0.15) is 49.0 Å². The van der Waals surface area contributed by atoms with Gasteiger partial charge in [-0.15, -0.1) is 0 Å². The van der Waals surface area contributed by atoms with Gasteiger partial charge in [0.2, 0.25) is 5.91 Å². The summed E-state index contributed by atoms with van der Waals surface area (Å²) >= 11 is 0. The second kappa shape index (κ2) is 8.83. The lowest BCUT2D eigenvalue weighted by atomic mass is 9.93. The van der Waals surface area contributed by atoms with E-state index in [4.69, 9.17) is 5.11 Å². The van der Waals surface area contributed by atoms with Crippen molar-refractivity contribution in [1.82, 2.24) is 9.80 Å². The van der Waals surface area contributed by atoms with E-state index >= 15 is 0 Å². The van der Waals surface area contributed by atoms with Gasteiger partial charge < -0.3 is 14.9 Å². The molecular formula is C20H28N2O4. The van der Waals surface area contributed by atoms with Crippen molar-refractivity contribution in [2.45, 2.75) is 39.7 Å². The van der Waals surface area contributed by atoms with Crippen LogP contribution >= 0.6 is 0 Å². The van der Waals surface area contributed by atoms with Gasteiger partial charge in [0.25, 0.3) is 5.91 Å². The van der Waals surface area contributed by atoms with Crippen molar-refractivity contribution in [3.05, 3.63) is 35.4 Å². The van der Waals surface area contributed by atoms with Crippen molar-refractivity contribution >= 4 is 17.8 Å². The van der Waals surface area contributed by atoms with E-state index < -0.39 is 5.97 Å². The summed E-state index contributed by atoms with van der Waals surface area (Å²) in [7, 11) is 1.78. The Morgan fingerprint density at radius 1 is 1.15 bits per heavy atom. The van der Waals surface area contributed by atoms with E-state index in [0.717, 1.165) is 18.4 Å². The van der Waals surface area contributed by atoms with E-state index in [1.54, 1.807) is 29.0 Å². The Kier molecular flexibility index (Phi) is 6.77. The molecule has 142 valence electrons. The summed E-state index contributed by atoms with van der Waals surface area (Å²) < 4.78 is 0. The highest BCUT2D eigenvalue weighted by Crippen LogP contribution is 2.22. The first-order valence-corrected chi connectivity index (χ1v) is 9.13. The summed E-state index contributed by atoms with van der Waals surface area (Å²) in [5.41, 5.74) is 1.61. The summed E-state index contributed by atoms with van der Waals surface area (Å²) in [5.74, 6) is -0.574. The molecule has 1 N–H and O–H groups in total. The fraction of sp³-hybridized carbons (Fsp3) is 0.550. The number of carboxylic acid groups (broad SMARTS) is 1. The fourth-order valence-corrected chi connectivity index (χ4v) is 3.31. The maximum absolute atomic E-state index is 12.6. The predicted octanol–water partition coefficient (Wildman–Crippen LogP) is 2.63. The van der Waals surface area contributed by atoms with Crippen LogP contribution in [-0.2, 0) is 16.1 Å². The number of hydrogen-bond donors (Lipinski definition) is 1. The molecule has 0 aromatic heterocycles. The van der Waals surface area contributed by atoms with Crippen LogP contribution in [0, 0.1) is 11.8 Å². The Hall–Kier alpha value is -2.37. The Labute approximate surface area is 154 Å². The molecule has 1 aromatic rings. The van der Waals surface area contributed by atoms with Gasteiger partial charge in [0.1, 0.15) is 0 Å². The first kappa shape index (κ1) is 19.9. The number of carbonyl (C=O) groups excluding carboxylic acids is 2. The quantitative estimate of drug-likeness (QED) is 0.846. The van der Waals surface area contributed by atoms with E-state index in [1.807, 2.05) is 26.0 Å². The van der Waals surface area contributed by atoms with Gasteiger partial charge in [0.15, 0.2) is 0 Å². The molecule has 1 heterocycles. The Morgan fingerprint density at radius 3 is 2.23 bits per heavy atom. The predicted molar refractivity (Wildman–Crippen MR) is 98.6 cm³/mol. The summed E-state index contributed by atoms with van der Waals surface area (Å²) in [5, 5.41) is 8.87. The van der Waals surface area contributed by atoms with Crippen LogP contribution in [0.5, 0.6) is 0 Å². The van der Waals surface area contributed by atoms with Gasteiger partial charge in [0, 0.05) is 44.6 Å². The highest BCUT2D eigenvalue weighted by molar-refractivity contribution is 5.94. The lowest BCUT2D eigenvalue weighted by molar-refractivity contribution is -0.138. The van der Waals surface area contributed by atoms with Crippen molar-refractivity contribution in [2.75, 3.05) is 20.1 Å². The second-order valence-corrected chi connectivity index (χ2v) is 7.38. The molecular weight excluding hydrogens is 332 g/mol. The SMILES string of the molecule is CC(C)C(=O)N(C)Cc1ccc(C(=O)N2CCC(CC(=O)O)CC2)cc1. The standard InChI is InChI=1S/C20H28N2O4/c1-14(2)19(25)21(3)13-16-4-6-17(7-5-16)20(26)22-10-8-15(9-11-22)12-18(23)24/h4-7,14-15H,8-13H2,1-3H3,(H,23,24). The summed E-state index contributed by atoms with van der Waals surface area (Å²) in [6.07, 6.45) is 1.65. The zero-order valence-corrected chi connectivity index (χ0v) is 15.8. The van der Waals surface area contributed by atoms with Gasteiger partial charge >= 0.3 is 5.97 Å². The maximum atomic E-state index is 12.6. The molecule has 0 radical (unpaired) electrons. The smallest absolute Gasteiger partial charge is 0.303 e. The van der Waals surface area contributed by atoms with Crippen LogP contribution in [0.3, 0.4) is 0 Å². The maximum Gasteiger partial charge on any atom is 0.303 e. The monoisotopic (exact) mass is 360 g/mol. The van der Waals surface area contributed by atoms with E-state index in [0.29, 0.717) is 25.2 Å². The number of benzene rings is 1. The third kappa shape index (κ3) is 5.31. The Balaban J connectivity index is 1.91. The van der Waals surface area contributed by atoms with Gasteiger partial charge in [-0.1, -0.05) is 26.0 Å². The minimum atomic E-state index is -0.772. The zero-order valence-electron chi connectivity index (χ0n) is 15.8. The van der Waals surface area contributed by atoms with Crippen LogP contribution < -0.4 is 0 Å².